The fourth-order valence-electron chi connectivity index (χ4n) is 1.56. The van der Waals surface area contributed by atoms with E-state index in [0.717, 1.165) is 0 Å². The lowest BCUT2D eigenvalue weighted by Gasteiger charge is -2.15. The van der Waals surface area contributed by atoms with Gasteiger partial charge >= 0.3 is 5.97 Å². The highest BCUT2D eigenvalue weighted by atomic mass is 32.1. The van der Waals surface area contributed by atoms with Crippen molar-refractivity contribution in [2.24, 2.45) is 0 Å². The van der Waals surface area contributed by atoms with E-state index in [-0.39, 0.29) is 5.69 Å². The third-order valence-electron chi connectivity index (χ3n) is 2.98. The number of non-ortho nitro benzene ring substituents is 1. The van der Waals surface area contributed by atoms with Crippen molar-refractivity contribution in [1.29, 1.82) is 0 Å². The van der Waals surface area contributed by atoms with Gasteiger partial charge in [-0.3, -0.25) is 14.9 Å². The lowest BCUT2D eigenvalue weighted by molar-refractivity contribution is -0.384. The molecule has 0 radical (unpaired) electrons. The number of thiazole rings is 1. The summed E-state index contributed by atoms with van der Waals surface area (Å²) in [7, 11) is 0. The number of benzene rings is 1. The molecule has 0 aliphatic rings. The van der Waals surface area contributed by atoms with Crippen molar-refractivity contribution in [3.63, 3.8) is 0 Å². The summed E-state index contributed by atoms with van der Waals surface area (Å²) in [6.07, 6.45) is 0. The first kappa shape index (κ1) is 14.1. The molecule has 0 saturated heterocycles. The van der Waals surface area contributed by atoms with E-state index in [1.54, 1.807) is 31.4 Å². The van der Waals surface area contributed by atoms with Gasteiger partial charge < -0.3 is 5.11 Å². The number of rotatable bonds is 4. The average Bonchev–Trinajstić information content (AvgIpc) is 2.88. The van der Waals surface area contributed by atoms with Crippen molar-refractivity contribution in [2.45, 2.75) is 19.3 Å². The number of carbonyl (C=O) groups is 1. The third kappa shape index (κ3) is 2.53. The van der Waals surface area contributed by atoms with Crippen LogP contribution in [0.25, 0.3) is 10.6 Å². The second-order valence-electron chi connectivity index (χ2n) is 4.78. The first-order valence-electron chi connectivity index (χ1n) is 5.76. The Bertz CT molecular complexity index is 679. The summed E-state index contributed by atoms with van der Waals surface area (Å²) in [6, 6.07) is 6.12. The Morgan fingerprint density at radius 2 is 2.15 bits per heavy atom. The molecule has 0 bridgehead atoms. The Balaban J connectivity index is 2.41. The van der Waals surface area contributed by atoms with Gasteiger partial charge in [-0.1, -0.05) is 12.1 Å². The minimum Gasteiger partial charge on any atom is -0.481 e. The van der Waals surface area contributed by atoms with Crippen molar-refractivity contribution >= 4 is 23.0 Å². The fraction of sp³-hybridized carbons (Fsp3) is 0.231. The highest BCUT2D eigenvalue weighted by molar-refractivity contribution is 7.13. The van der Waals surface area contributed by atoms with E-state index in [1.165, 1.54) is 23.5 Å². The van der Waals surface area contributed by atoms with Gasteiger partial charge in [-0.2, -0.15) is 0 Å². The van der Waals surface area contributed by atoms with E-state index in [2.05, 4.69) is 4.98 Å². The van der Waals surface area contributed by atoms with Gasteiger partial charge in [0.15, 0.2) is 0 Å². The standard InChI is InChI=1S/C13H12N2O4S/c1-13(2,12(16)17)10-7-20-11(14-10)8-4-3-5-9(6-8)15(18)19/h3-7H,1-2H3,(H,16,17). The molecule has 0 unspecified atom stereocenters. The smallest absolute Gasteiger partial charge is 0.315 e. The molecule has 0 aliphatic carbocycles. The Kier molecular flexibility index (Phi) is 3.54. The predicted octanol–water partition coefficient (Wildman–Crippen LogP) is 3.08. The lowest BCUT2D eigenvalue weighted by Crippen LogP contribution is -2.28. The molecule has 0 aliphatic heterocycles. The predicted molar refractivity (Wildman–Crippen MR) is 74.9 cm³/mol. The maximum Gasteiger partial charge on any atom is 0.315 e. The van der Waals surface area contributed by atoms with Gasteiger partial charge in [0.05, 0.1) is 10.6 Å². The van der Waals surface area contributed by atoms with Crippen LogP contribution in [0.3, 0.4) is 0 Å². The van der Waals surface area contributed by atoms with Crippen LogP contribution in [0.5, 0.6) is 0 Å². The first-order chi connectivity index (χ1) is 9.32. The molecule has 1 aromatic carbocycles. The quantitative estimate of drug-likeness (QED) is 0.690. The van der Waals surface area contributed by atoms with Crippen molar-refractivity contribution in [3.05, 3.63) is 45.5 Å². The van der Waals surface area contributed by atoms with Crippen LogP contribution in [0.2, 0.25) is 0 Å². The molecule has 1 heterocycles. The Labute approximate surface area is 118 Å². The minimum absolute atomic E-state index is 0.0169. The van der Waals surface area contributed by atoms with Gasteiger partial charge in [-0.15, -0.1) is 11.3 Å². The number of aromatic nitrogens is 1. The number of aliphatic carboxylic acids is 1. The minimum atomic E-state index is -1.09. The molecule has 0 atom stereocenters. The van der Waals surface area contributed by atoms with E-state index in [0.29, 0.717) is 16.3 Å². The van der Waals surface area contributed by atoms with Crippen LogP contribution < -0.4 is 0 Å². The van der Waals surface area contributed by atoms with E-state index in [9.17, 15) is 14.9 Å². The van der Waals surface area contributed by atoms with Crippen LogP contribution in [0.1, 0.15) is 19.5 Å². The summed E-state index contributed by atoms with van der Waals surface area (Å²) >= 11 is 1.27. The fourth-order valence-corrected chi connectivity index (χ4v) is 2.54. The molecule has 1 N–H and O–H groups in total. The van der Waals surface area contributed by atoms with Crippen LogP contribution in [-0.4, -0.2) is 21.0 Å². The van der Waals surface area contributed by atoms with Gasteiger partial charge in [0.25, 0.3) is 5.69 Å². The third-order valence-corrected chi connectivity index (χ3v) is 3.87. The van der Waals surface area contributed by atoms with Crippen LogP contribution in [0.4, 0.5) is 5.69 Å². The molecule has 0 saturated carbocycles. The largest absolute Gasteiger partial charge is 0.481 e. The summed E-state index contributed by atoms with van der Waals surface area (Å²) < 4.78 is 0. The van der Waals surface area contributed by atoms with Gasteiger partial charge in [0.2, 0.25) is 0 Å². The summed E-state index contributed by atoms with van der Waals surface area (Å²) in [4.78, 5) is 25.8. The summed E-state index contributed by atoms with van der Waals surface area (Å²) in [5.41, 5.74) is -0.0555. The van der Waals surface area contributed by atoms with Crippen molar-refractivity contribution in [3.8, 4) is 10.6 Å². The average molecular weight is 292 g/mol. The molecule has 2 rings (SSSR count). The first-order valence-corrected chi connectivity index (χ1v) is 6.64. The number of hydrogen-bond donors (Lipinski definition) is 1. The molecule has 0 amide bonds. The number of carboxylic acid groups (broad SMARTS) is 1. The molecule has 0 fully saturated rings. The molecule has 20 heavy (non-hydrogen) atoms. The maximum atomic E-state index is 11.2. The highest BCUT2D eigenvalue weighted by Crippen LogP contribution is 2.31. The maximum absolute atomic E-state index is 11.2. The lowest BCUT2D eigenvalue weighted by atomic mass is 9.90. The number of carboxylic acids is 1. The van der Waals surface area contributed by atoms with Crippen molar-refractivity contribution in [2.75, 3.05) is 0 Å². The van der Waals surface area contributed by atoms with Crippen LogP contribution in [0, 0.1) is 10.1 Å². The molecule has 7 heteroatoms. The monoisotopic (exact) mass is 292 g/mol. The van der Waals surface area contributed by atoms with Gasteiger partial charge in [0, 0.05) is 23.1 Å². The topological polar surface area (TPSA) is 93.3 Å². The van der Waals surface area contributed by atoms with Crippen molar-refractivity contribution < 1.29 is 14.8 Å². The summed E-state index contributed by atoms with van der Waals surface area (Å²) in [6.45, 7) is 3.14. The number of hydrogen-bond acceptors (Lipinski definition) is 5. The summed E-state index contributed by atoms with van der Waals surface area (Å²) in [5.74, 6) is -0.964. The number of nitro groups is 1. The second kappa shape index (κ2) is 5.01. The normalized spacial score (nSPS) is 11.3. The van der Waals surface area contributed by atoms with Crippen molar-refractivity contribution in [1.82, 2.24) is 4.98 Å². The SMILES string of the molecule is CC(C)(C(=O)O)c1csc(-c2cccc([N+](=O)[O-])c2)n1. The Morgan fingerprint density at radius 1 is 1.45 bits per heavy atom. The molecular weight excluding hydrogens is 280 g/mol. The van der Waals surface area contributed by atoms with Crippen LogP contribution in [0.15, 0.2) is 29.6 Å². The number of nitrogens with zero attached hydrogens (tertiary/aromatic N) is 2. The van der Waals surface area contributed by atoms with Gasteiger partial charge in [-0.25, -0.2) is 4.98 Å². The van der Waals surface area contributed by atoms with E-state index in [4.69, 9.17) is 5.11 Å². The highest BCUT2D eigenvalue weighted by Gasteiger charge is 2.32. The Hall–Kier alpha value is -2.28. The van der Waals surface area contributed by atoms with E-state index in [1.807, 2.05) is 0 Å². The van der Waals surface area contributed by atoms with Crippen LogP contribution in [-0.2, 0) is 10.2 Å². The summed E-state index contributed by atoms with van der Waals surface area (Å²) in [5, 5.41) is 22.2. The van der Waals surface area contributed by atoms with E-state index >= 15 is 0 Å². The van der Waals surface area contributed by atoms with Gasteiger partial charge in [0.1, 0.15) is 10.4 Å². The molecule has 2 aromatic rings. The second-order valence-corrected chi connectivity index (χ2v) is 5.63. The molecule has 0 spiro atoms. The van der Waals surface area contributed by atoms with Crippen LogP contribution >= 0.6 is 11.3 Å². The number of nitro benzene ring substituents is 1. The zero-order valence-corrected chi connectivity index (χ0v) is 11.7. The molecule has 104 valence electrons. The molecule has 6 nitrogen and oxygen atoms in total. The molecule has 1 aromatic heterocycles. The zero-order valence-electron chi connectivity index (χ0n) is 10.9. The zero-order chi connectivity index (χ0) is 14.9. The van der Waals surface area contributed by atoms with E-state index < -0.39 is 16.3 Å². The Morgan fingerprint density at radius 3 is 2.75 bits per heavy atom. The van der Waals surface area contributed by atoms with Gasteiger partial charge in [-0.05, 0) is 13.8 Å². The molecular formula is C13H12N2O4S.